The fraction of sp³-hybridized carbons (Fsp3) is 0.615. The normalized spacial score (nSPS) is 16.8. The second-order valence-corrected chi connectivity index (χ2v) is 7.52. The van der Waals surface area contributed by atoms with Crippen LogP contribution in [-0.4, -0.2) is 24.0 Å². The zero-order valence-corrected chi connectivity index (χ0v) is 11.7. The molecule has 1 aromatic rings. The molecule has 0 amide bonds. The second kappa shape index (κ2) is 5.77. The molecule has 0 aromatic carbocycles. The molecule has 0 saturated heterocycles. The van der Waals surface area contributed by atoms with Gasteiger partial charge < -0.3 is 10.3 Å². The van der Waals surface area contributed by atoms with Crippen LogP contribution < -0.4 is 11.3 Å². The number of hydrogen-bond acceptors (Lipinski definition) is 4. The number of aromatic nitrogens is 1. The number of nitrogens with zero attached hydrogens (tertiary/aromatic N) is 1. The van der Waals surface area contributed by atoms with Crippen molar-refractivity contribution < 1.29 is 8.42 Å². The fourth-order valence-electron chi connectivity index (χ4n) is 2.57. The van der Waals surface area contributed by atoms with Gasteiger partial charge >= 0.3 is 0 Å². The minimum atomic E-state index is -3.00. The molecule has 2 rings (SSSR count). The summed E-state index contributed by atoms with van der Waals surface area (Å²) in [5.41, 5.74) is 5.97. The summed E-state index contributed by atoms with van der Waals surface area (Å²) in [6.45, 7) is 0.399. The van der Waals surface area contributed by atoms with E-state index < -0.39 is 9.84 Å². The summed E-state index contributed by atoms with van der Waals surface area (Å²) in [6.07, 6.45) is 5.63. The Morgan fingerprint density at radius 1 is 1.26 bits per heavy atom. The molecule has 6 heteroatoms. The first-order valence-corrected chi connectivity index (χ1v) is 8.38. The molecule has 0 bridgehead atoms. The van der Waals surface area contributed by atoms with Crippen LogP contribution in [0.1, 0.15) is 32.1 Å². The van der Waals surface area contributed by atoms with E-state index in [4.69, 9.17) is 5.73 Å². The van der Waals surface area contributed by atoms with E-state index in [1.165, 1.54) is 10.6 Å². The van der Waals surface area contributed by atoms with Gasteiger partial charge in [-0.3, -0.25) is 4.79 Å². The zero-order chi connectivity index (χ0) is 13.9. The number of pyridine rings is 1. The first-order valence-electron chi connectivity index (χ1n) is 6.66. The Kier molecular flexibility index (Phi) is 4.29. The molecule has 19 heavy (non-hydrogen) atoms. The lowest BCUT2D eigenvalue weighted by Crippen LogP contribution is -2.24. The van der Waals surface area contributed by atoms with Crippen molar-refractivity contribution >= 4 is 15.5 Å². The van der Waals surface area contributed by atoms with Crippen LogP contribution in [0.5, 0.6) is 0 Å². The molecular weight excluding hydrogens is 264 g/mol. The number of aryl methyl sites for hydroxylation is 1. The van der Waals surface area contributed by atoms with Crippen LogP contribution in [-0.2, 0) is 16.4 Å². The summed E-state index contributed by atoms with van der Waals surface area (Å²) in [4.78, 5) is 11.5. The Hall–Kier alpha value is -1.30. The lowest BCUT2D eigenvalue weighted by atomic mass is 10.4. The Labute approximate surface area is 113 Å². The van der Waals surface area contributed by atoms with Gasteiger partial charge in [-0.25, -0.2) is 8.42 Å². The van der Waals surface area contributed by atoms with Gasteiger partial charge in [-0.05, 0) is 25.3 Å². The van der Waals surface area contributed by atoms with Crippen molar-refractivity contribution in [3.63, 3.8) is 0 Å². The van der Waals surface area contributed by atoms with Crippen LogP contribution in [0.15, 0.2) is 23.1 Å². The molecule has 0 atom stereocenters. The van der Waals surface area contributed by atoms with E-state index in [0.717, 1.165) is 25.7 Å². The average Bonchev–Trinajstić information content (AvgIpc) is 2.88. The van der Waals surface area contributed by atoms with Gasteiger partial charge in [0.05, 0.1) is 11.0 Å². The van der Waals surface area contributed by atoms with Gasteiger partial charge in [0.2, 0.25) is 0 Å². The maximum atomic E-state index is 12.1. The summed E-state index contributed by atoms with van der Waals surface area (Å²) >= 11 is 0. The first kappa shape index (κ1) is 14.1. The Balaban J connectivity index is 1.93. The third kappa shape index (κ3) is 3.59. The standard InChI is InChI=1S/C13H20N2O3S/c14-11-6-7-13(16)15(10-11)8-3-9-19(17,18)12-4-1-2-5-12/h6-7,10,12H,1-5,8-9,14H2. The summed E-state index contributed by atoms with van der Waals surface area (Å²) in [7, 11) is -3.00. The minimum absolute atomic E-state index is 0.146. The van der Waals surface area contributed by atoms with Gasteiger partial charge in [-0.2, -0.15) is 0 Å². The van der Waals surface area contributed by atoms with Crippen LogP contribution in [0.4, 0.5) is 5.69 Å². The van der Waals surface area contributed by atoms with E-state index in [1.807, 2.05) is 0 Å². The highest BCUT2D eigenvalue weighted by Gasteiger charge is 2.27. The van der Waals surface area contributed by atoms with Gasteiger partial charge in [-0.15, -0.1) is 0 Å². The predicted octanol–water partition coefficient (Wildman–Crippen LogP) is 1.18. The largest absolute Gasteiger partial charge is 0.398 e. The molecule has 1 aliphatic carbocycles. The SMILES string of the molecule is Nc1ccc(=O)n(CCCS(=O)(=O)C2CCCC2)c1. The number of anilines is 1. The van der Waals surface area contributed by atoms with Crippen molar-refractivity contribution in [2.24, 2.45) is 0 Å². The molecule has 0 radical (unpaired) electrons. The van der Waals surface area contributed by atoms with Crippen molar-refractivity contribution in [3.05, 3.63) is 28.7 Å². The van der Waals surface area contributed by atoms with Crippen LogP contribution in [0.3, 0.4) is 0 Å². The van der Waals surface area contributed by atoms with Crippen molar-refractivity contribution in [3.8, 4) is 0 Å². The van der Waals surface area contributed by atoms with Crippen LogP contribution >= 0.6 is 0 Å². The topological polar surface area (TPSA) is 82.2 Å². The summed E-state index contributed by atoms with van der Waals surface area (Å²) in [6, 6.07) is 2.95. The molecule has 1 heterocycles. The van der Waals surface area contributed by atoms with Gasteiger partial charge in [0, 0.05) is 24.5 Å². The molecule has 0 aliphatic heterocycles. The summed E-state index contributed by atoms with van der Waals surface area (Å²) in [5, 5.41) is -0.162. The molecule has 1 fully saturated rings. The molecular formula is C13H20N2O3S. The van der Waals surface area contributed by atoms with Crippen molar-refractivity contribution in [1.29, 1.82) is 0 Å². The smallest absolute Gasteiger partial charge is 0.250 e. The Bertz CT molecular complexity index is 586. The lowest BCUT2D eigenvalue weighted by molar-refractivity contribution is 0.569. The Morgan fingerprint density at radius 2 is 1.95 bits per heavy atom. The van der Waals surface area contributed by atoms with Gasteiger partial charge in [0.25, 0.3) is 5.56 Å². The fourth-order valence-corrected chi connectivity index (χ4v) is 4.49. The highest BCUT2D eigenvalue weighted by molar-refractivity contribution is 7.92. The van der Waals surface area contributed by atoms with E-state index in [-0.39, 0.29) is 16.6 Å². The number of rotatable bonds is 5. The molecule has 106 valence electrons. The van der Waals surface area contributed by atoms with Crippen molar-refractivity contribution in [1.82, 2.24) is 4.57 Å². The first-order chi connectivity index (χ1) is 8.99. The number of sulfone groups is 1. The van der Waals surface area contributed by atoms with Gasteiger partial charge in [0.15, 0.2) is 9.84 Å². The van der Waals surface area contributed by atoms with Crippen molar-refractivity contribution in [2.75, 3.05) is 11.5 Å². The van der Waals surface area contributed by atoms with Crippen molar-refractivity contribution in [2.45, 2.75) is 43.9 Å². The maximum Gasteiger partial charge on any atom is 0.250 e. The van der Waals surface area contributed by atoms with Crippen LogP contribution in [0, 0.1) is 0 Å². The van der Waals surface area contributed by atoms with Crippen LogP contribution in [0.2, 0.25) is 0 Å². The zero-order valence-electron chi connectivity index (χ0n) is 10.9. The summed E-state index contributed by atoms with van der Waals surface area (Å²) in [5.74, 6) is 0.152. The highest BCUT2D eigenvalue weighted by Crippen LogP contribution is 2.25. The number of nitrogens with two attached hydrogens (primary N) is 1. The molecule has 1 aliphatic rings. The van der Waals surface area contributed by atoms with E-state index in [0.29, 0.717) is 18.7 Å². The third-order valence-corrected chi connectivity index (χ3v) is 5.99. The molecule has 5 nitrogen and oxygen atoms in total. The van der Waals surface area contributed by atoms with Crippen LogP contribution in [0.25, 0.3) is 0 Å². The number of nitrogen functional groups attached to an aromatic ring is 1. The van der Waals surface area contributed by atoms with E-state index >= 15 is 0 Å². The molecule has 0 unspecified atom stereocenters. The maximum absolute atomic E-state index is 12.1. The number of hydrogen-bond donors (Lipinski definition) is 1. The Morgan fingerprint density at radius 3 is 2.63 bits per heavy atom. The second-order valence-electron chi connectivity index (χ2n) is 5.12. The minimum Gasteiger partial charge on any atom is -0.398 e. The molecule has 1 aromatic heterocycles. The average molecular weight is 284 g/mol. The lowest BCUT2D eigenvalue weighted by Gasteiger charge is -2.11. The quantitative estimate of drug-likeness (QED) is 0.880. The van der Waals surface area contributed by atoms with E-state index in [9.17, 15) is 13.2 Å². The van der Waals surface area contributed by atoms with E-state index in [1.54, 1.807) is 12.3 Å². The summed E-state index contributed by atoms with van der Waals surface area (Å²) < 4.78 is 25.6. The highest BCUT2D eigenvalue weighted by atomic mass is 32.2. The monoisotopic (exact) mass is 284 g/mol. The molecule has 0 spiro atoms. The van der Waals surface area contributed by atoms with E-state index in [2.05, 4.69) is 0 Å². The third-order valence-electron chi connectivity index (χ3n) is 3.64. The predicted molar refractivity (Wildman–Crippen MR) is 75.8 cm³/mol. The van der Waals surface area contributed by atoms with Gasteiger partial charge in [0.1, 0.15) is 0 Å². The molecule has 2 N–H and O–H groups in total. The van der Waals surface area contributed by atoms with Gasteiger partial charge in [-0.1, -0.05) is 12.8 Å². The molecule has 1 saturated carbocycles.